The van der Waals surface area contributed by atoms with Crippen LogP contribution < -0.4 is 0 Å². The molecular formula is C36H24N2O4S. The summed E-state index contributed by atoms with van der Waals surface area (Å²) >= 11 is 0. The molecule has 0 bridgehead atoms. The highest BCUT2D eigenvalue weighted by Crippen LogP contribution is 2.32. The van der Waals surface area contributed by atoms with E-state index in [-0.39, 0.29) is 15.7 Å². The van der Waals surface area contributed by atoms with E-state index in [2.05, 4.69) is 9.97 Å². The van der Waals surface area contributed by atoms with Gasteiger partial charge in [-0.2, -0.15) is 0 Å². The van der Waals surface area contributed by atoms with Crippen molar-refractivity contribution in [2.45, 2.75) is 4.90 Å². The molecule has 2 heterocycles. The summed E-state index contributed by atoms with van der Waals surface area (Å²) in [5.74, 6) is 0.641. The van der Waals surface area contributed by atoms with E-state index in [9.17, 15) is 8.42 Å². The zero-order valence-corrected chi connectivity index (χ0v) is 23.6. The summed E-state index contributed by atoms with van der Waals surface area (Å²) in [6.45, 7) is 0. The van der Waals surface area contributed by atoms with Gasteiger partial charge in [-0.05, 0) is 71.3 Å². The smallest absolute Gasteiger partial charge is 0.239 e. The molecule has 0 N–H and O–H groups in total. The van der Waals surface area contributed by atoms with Gasteiger partial charge in [-0.25, -0.2) is 18.4 Å². The van der Waals surface area contributed by atoms with E-state index in [0.717, 1.165) is 27.8 Å². The minimum Gasteiger partial charge on any atom is -0.436 e. The first-order valence-electron chi connectivity index (χ1n) is 13.6. The van der Waals surface area contributed by atoms with Gasteiger partial charge in [0.15, 0.2) is 11.2 Å². The lowest BCUT2D eigenvalue weighted by atomic mass is 10.1. The maximum absolute atomic E-state index is 13.7. The lowest BCUT2D eigenvalue weighted by Crippen LogP contribution is -2.04. The summed E-state index contributed by atoms with van der Waals surface area (Å²) in [7, 11) is -3.91. The third kappa shape index (κ3) is 5.41. The molecule has 0 saturated heterocycles. The maximum Gasteiger partial charge on any atom is 0.239 e. The normalized spacial score (nSPS) is 12.4. The Morgan fingerprint density at radius 1 is 0.558 bits per heavy atom. The molecule has 0 aliphatic rings. The molecule has 0 radical (unpaired) electrons. The van der Waals surface area contributed by atoms with Crippen LogP contribution in [0.15, 0.2) is 141 Å². The monoisotopic (exact) mass is 580 g/mol. The summed E-state index contributed by atoms with van der Waals surface area (Å²) in [5.41, 5.74) is 6.31. The Labute approximate surface area is 248 Å². The van der Waals surface area contributed by atoms with Gasteiger partial charge in [0.25, 0.3) is 0 Å². The van der Waals surface area contributed by atoms with Gasteiger partial charge < -0.3 is 8.83 Å². The summed E-state index contributed by atoms with van der Waals surface area (Å²) in [4.78, 5) is 9.21. The molecule has 0 spiro atoms. The second-order valence-electron chi connectivity index (χ2n) is 9.92. The number of hydrogen-bond donors (Lipinski definition) is 0. The van der Waals surface area contributed by atoms with Crippen molar-refractivity contribution in [3.8, 4) is 11.5 Å². The van der Waals surface area contributed by atoms with E-state index in [0.29, 0.717) is 22.6 Å². The van der Waals surface area contributed by atoms with E-state index in [1.165, 1.54) is 0 Å². The summed E-state index contributed by atoms with van der Waals surface area (Å²) < 4.78 is 39.2. The van der Waals surface area contributed by atoms with Crippen LogP contribution >= 0.6 is 0 Å². The van der Waals surface area contributed by atoms with E-state index < -0.39 is 9.84 Å². The van der Waals surface area contributed by atoms with Gasteiger partial charge in [0.2, 0.25) is 21.6 Å². The highest BCUT2D eigenvalue weighted by atomic mass is 32.2. The Balaban J connectivity index is 1.15. The number of aromatic nitrogens is 2. The van der Waals surface area contributed by atoms with Gasteiger partial charge in [-0.1, -0.05) is 91.0 Å². The van der Waals surface area contributed by atoms with Crippen LogP contribution in [0.25, 0.3) is 56.8 Å². The topological polar surface area (TPSA) is 86.2 Å². The number of para-hydroxylation sites is 4. The highest BCUT2D eigenvalue weighted by molar-refractivity contribution is 8.00. The van der Waals surface area contributed by atoms with Gasteiger partial charge in [0, 0.05) is 5.56 Å². The molecule has 0 unspecified atom stereocenters. The molecule has 2 aromatic heterocycles. The van der Waals surface area contributed by atoms with E-state index in [4.69, 9.17) is 8.83 Å². The third-order valence-corrected chi connectivity index (χ3v) is 8.77. The SMILES string of the molecule is O=S(=O)(/C(=C\c1ccc(/C=C/c2ccc(-c3nc4ccccc4o3)cc2)cc1)c1nc2ccccc2o1)c1ccccc1. The minimum absolute atomic E-state index is 0.00257. The molecule has 0 aliphatic heterocycles. The lowest BCUT2D eigenvalue weighted by molar-refractivity contribution is 0.580. The first-order valence-corrected chi connectivity index (χ1v) is 15.1. The number of sulfone groups is 1. The molecule has 0 fully saturated rings. The van der Waals surface area contributed by atoms with Crippen LogP contribution in [0, 0.1) is 0 Å². The molecule has 0 saturated carbocycles. The fraction of sp³-hybridized carbons (Fsp3) is 0. The number of nitrogens with zero attached hydrogens (tertiary/aromatic N) is 2. The highest BCUT2D eigenvalue weighted by Gasteiger charge is 2.26. The van der Waals surface area contributed by atoms with Crippen LogP contribution in [0.4, 0.5) is 0 Å². The van der Waals surface area contributed by atoms with Gasteiger partial charge in [-0.15, -0.1) is 0 Å². The van der Waals surface area contributed by atoms with Crippen molar-refractivity contribution in [3.63, 3.8) is 0 Å². The second-order valence-corrected chi connectivity index (χ2v) is 11.8. The number of hydrogen-bond acceptors (Lipinski definition) is 6. The number of rotatable bonds is 7. The molecule has 7 rings (SSSR count). The van der Waals surface area contributed by atoms with Crippen molar-refractivity contribution in [1.82, 2.24) is 9.97 Å². The molecule has 0 amide bonds. The molecule has 7 aromatic rings. The van der Waals surface area contributed by atoms with Crippen molar-refractivity contribution in [1.29, 1.82) is 0 Å². The van der Waals surface area contributed by atoms with Gasteiger partial charge in [0.1, 0.15) is 15.9 Å². The Bertz CT molecular complexity index is 2160. The fourth-order valence-electron chi connectivity index (χ4n) is 4.74. The minimum atomic E-state index is -3.91. The van der Waals surface area contributed by atoms with Gasteiger partial charge in [0.05, 0.1) is 4.90 Å². The molecule has 5 aromatic carbocycles. The fourth-order valence-corrected chi connectivity index (χ4v) is 6.12. The van der Waals surface area contributed by atoms with Crippen molar-refractivity contribution in [2.24, 2.45) is 0 Å². The third-order valence-electron chi connectivity index (χ3n) is 7.00. The maximum atomic E-state index is 13.7. The first-order chi connectivity index (χ1) is 21.0. The second kappa shape index (κ2) is 11.0. The molecule has 0 aliphatic carbocycles. The molecule has 43 heavy (non-hydrogen) atoms. The molecular weight excluding hydrogens is 556 g/mol. The van der Waals surface area contributed by atoms with Crippen LogP contribution in [0.3, 0.4) is 0 Å². The summed E-state index contributed by atoms with van der Waals surface area (Å²) in [5, 5.41) is 0. The average Bonchev–Trinajstić information content (AvgIpc) is 3.68. The molecule has 6 nitrogen and oxygen atoms in total. The van der Waals surface area contributed by atoms with Gasteiger partial charge in [-0.3, -0.25) is 0 Å². The molecule has 208 valence electrons. The zero-order valence-electron chi connectivity index (χ0n) is 22.8. The van der Waals surface area contributed by atoms with E-state index in [1.54, 1.807) is 48.5 Å². The Morgan fingerprint density at radius 2 is 1.09 bits per heavy atom. The summed E-state index contributed by atoms with van der Waals surface area (Å²) in [6, 6.07) is 38.8. The van der Waals surface area contributed by atoms with Crippen LogP contribution in [0.1, 0.15) is 22.6 Å². The van der Waals surface area contributed by atoms with Crippen molar-refractivity contribution in [2.75, 3.05) is 0 Å². The Hall–Kier alpha value is -5.53. The quantitative estimate of drug-likeness (QED) is 0.175. The van der Waals surface area contributed by atoms with E-state index >= 15 is 0 Å². The van der Waals surface area contributed by atoms with Crippen LogP contribution in [0.2, 0.25) is 0 Å². The number of oxazole rings is 2. The van der Waals surface area contributed by atoms with E-state index in [1.807, 2.05) is 97.1 Å². The lowest BCUT2D eigenvalue weighted by Gasteiger charge is -2.07. The van der Waals surface area contributed by atoms with Crippen LogP contribution in [0.5, 0.6) is 0 Å². The Kier molecular flexibility index (Phi) is 6.77. The van der Waals surface area contributed by atoms with Crippen molar-refractivity contribution in [3.05, 3.63) is 150 Å². The van der Waals surface area contributed by atoms with Crippen molar-refractivity contribution >= 4 is 55.2 Å². The number of benzene rings is 5. The van der Waals surface area contributed by atoms with Crippen LogP contribution in [-0.2, 0) is 9.84 Å². The summed E-state index contributed by atoms with van der Waals surface area (Å²) in [6.07, 6.45) is 5.63. The standard InChI is InChI=1S/C36H24N2O4S/c39-43(40,29-8-2-1-3-9-29)34(36-38-31-11-5-7-13-33(31)42-36)24-27-18-16-25(17-19-27)14-15-26-20-22-28(23-21-26)35-37-30-10-4-6-12-32(30)41-35/h1-24H/b15-14+,34-24-. The first kappa shape index (κ1) is 26.4. The predicted molar refractivity (Wildman–Crippen MR) is 170 cm³/mol. The molecule has 0 atom stereocenters. The molecule has 7 heteroatoms. The largest absolute Gasteiger partial charge is 0.436 e. The van der Waals surface area contributed by atoms with Crippen LogP contribution in [-0.4, -0.2) is 18.4 Å². The predicted octanol–water partition coefficient (Wildman–Crippen LogP) is 8.78. The van der Waals surface area contributed by atoms with Gasteiger partial charge >= 0.3 is 0 Å². The zero-order chi connectivity index (χ0) is 29.2. The van der Waals surface area contributed by atoms with Crippen molar-refractivity contribution < 1.29 is 17.3 Å². The number of fused-ring (bicyclic) bond motifs is 2. The average molecular weight is 581 g/mol. The Morgan fingerprint density at radius 3 is 1.72 bits per heavy atom.